The highest BCUT2D eigenvalue weighted by atomic mass is 32.2. The number of benzene rings is 1. The maximum Gasteiger partial charge on any atom is 0.243 e. The fourth-order valence-electron chi connectivity index (χ4n) is 4.34. The molecule has 3 rings (SSSR count). The Morgan fingerprint density at radius 3 is 2.47 bits per heavy atom. The van der Waals surface area contributed by atoms with E-state index in [1.807, 2.05) is 6.07 Å². The highest BCUT2D eigenvalue weighted by Gasteiger charge is 2.32. The van der Waals surface area contributed by atoms with Crippen molar-refractivity contribution in [3.63, 3.8) is 0 Å². The van der Waals surface area contributed by atoms with Gasteiger partial charge < -0.3 is 10.2 Å². The summed E-state index contributed by atoms with van der Waals surface area (Å²) in [6.07, 6.45) is 5.85. The van der Waals surface area contributed by atoms with Crippen molar-refractivity contribution in [2.75, 3.05) is 32.7 Å². The normalized spacial score (nSPS) is 21.8. The van der Waals surface area contributed by atoms with Gasteiger partial charge in [-0.3, -0.25) is 4.79 Å². The second-order valence-corrected chi connectivity index (χ2v) is 10.3. The molecule has 2 heterocycles. The van der Waals surface area contributed by atoms with E-state index < -0.39 is 10.0 Å². The fourth-order valence-corrected chi connectivity index (χ4v) is 5.81. The van der Waals surface area contributed by atoms with E-state index in [2.05, 4.69) is 17.1 Å². The first kappa shape index (κ1) is 22.7. The minimum atomic E-state index is -3.59. The summed E-state index contributed by atoms with van der Waals surface area (Å²) in [5, 5.41) is 11.9. The summed E-state index contributed by atoms with van der Waals surface area (Å²) < 4.78 is 27.0. The lowest BCUT2D eigenvalue weighted by Crippen LogP contribution is -2.43. The van der Waals surface area contributed by atoms with Crippen LogP contribution in [0.5, 0.6) is 0 Å². The van der Waals surface area contributed by atoms with Crippen LogP contribution in [0, 0.1) is 17.2 Å². The van der Waals surface area contributed by atoms with E-state index in [-0.39, 0.29) is 16.7 Å². The van der Waals surface area contributed by atoms with E-state index in [9.17, 15) is 13.2 Å². The zero-order valence-electron chi connectivity index (χ0n) is 17.7. The fraction of sp³-hybridized carbons (Fsp3) is 0.636. The average Bonchev–Trinajstić information content (AvgIpc) is 2.77. The second kappa shape index (κ2) is 10.4. The molecule has 1 aromatic carbocycles. The predicted molar refractivity (Wildman–Crippen MR) is 115 cm³/mol. The van der Waals surface area contributed by atoms with Crippen LogP contribution in [0.2, 0.25) is 0 Å². The zero-order chi connectivity index (χ0) is 21.6. The molecule has 1 N–H and O–H groups in total. The molecule has 0 aliphatic carbocycles. The molecule has 0 bridgehead atoms. The Balaban J connectivity index is 1.42. The van der Waals surface area contributed by atoms with Gasteiger partial charge in [-0.15, -0.1) is 0 Å². The Kier molecular flexibility index (Phi) is 7.87. The highest BCUT2D eigenvalue weighted by Crippen LogP contribution is 2.24. The molecule has 1 atom stereocenters. The van der Waals surface area contributed by atoms with Gasteiger partial charge in [0.15, 0.2) is 0 Å². The summed E-state index contributed by atoms with van der Waals surface area (Å²) in [5.74, 6) is -0.0940. The molecular weight excluding hydrogens is 400 g/mol. The molecule has 8 heteroatoms. The Labute approximate surface area is 180 Å². The quantitative estimate of drug-likeness (QED) is 0.668. The van der Waals surface area contributed by atoms with E-state index >= 15 is 0 Å². The Hall–Kier alpha value is -1.95. The summed E-state index contributed by atoms with van der Waals surface area (Å²) in [4.78, 5) is 15.2. The number of nitrogens with zero attached hydrogens (tertiary/aromatic N) is 3. The minimum Gasteiger partial charge on any atom is -0.356 e. The van der Waals surface area contributed by atoms with Gasteiger partial charge in [0, 0.05) is 38.1 Å². The van der Waals surface area contributed by atoms with Crippen molar-refractivity contribution in [3.05, 3.63) is 29.8 Å². The Bertz CT molecular complexity index is 855. The van der Waals surface area contributed by atoms with Crippen molar-refractivity contribution in [3.8, 4) is 6.07 Å². The van der Waals surface area contributed by atoms with Gasteiger partial charge in [-0.1, -0.05) is 6.42 Å². The number of rotatable bonds is 7. The first-order chi connectivity index (χ1) is 14.4. The topological polar surface area (TPSA) is 93.5 Å². The number of piperidine rings is 2. The SMILES string of the molecule is CC1CCCCN1CCCNC(=O)C1CCN(S(=O)(=O)c2ccc(C#N)cc2)CC1. The van der Waals surface area contributed by atoms with Crippen LogP contribution in [-0.2, 0) is 14.8 Å². The van der Waals surface area contributed by atoms with Gasteiger partial charge in [-0.2, -0.15) is 9.57 Å². The number of carbonyl (C=O) groups excluding carboxylic acids is 1. The van der Waals surface area contributed by atoms with Crippen LogP contribution in [0.4, 0.5) is 0 Å². The molecule has 7 nitrogen and oxygen atoms in total. The molecule has 0 radical (unpaired) electrons. The summed E-state index contributed by atoms with van der Waals surface area (Å²) in [7, 11) is -3.59. The highest BCUT2D eigenvalue weighted by molar-refractivity contribution is 7.89. The van der Waals surface area contributed by atoms with Crippen LogP contribution in [0.1, 0.15) is 51.0 Å². The summed E-state index contributed by atoms with van der Waals surface area (Å²) >= 11 is 0. The van der Waals surface area contributed by atoms with Gasteiger partial charge in [0.1, 0.15) is 0 Å². The molecule has 2 aliphatic heterocycles. The van der Waals surface area contributed by atoms with Gasteiger partial charge in [0.25, 0.3) is 0 Å². The number of sulfonamides is 1. The lowest BCUT2D eigenvalue weighted by molar-refractivity contribution is -0.126. The van der Waals surface area contributed by atoms with E-state index in [1.54, 1.807) is 0 Å². The van der Waals surface area contributed by atoms with Crippen molar-refractivity contribution < 1.29 is 13.2 Å². The van der Waals surface area contributed by atoms with Crippen LogP contribution in [0.25, 0.3) is 0 Å². The van der Waals surface area contributed by atoms with E-state index in [4.69, 9.17) is 5.26 Å². The molecule has 1 aromatic rings. The first-order valence-electron chi connectivity index (χ1n) is 10.9. The van der Waals surface area contributed by atoms with Crippen LogP contribution < -0.4 is 5.32 Å². The molecule has 2 fully saturated rings. The van der Waals surface area contributed by atoms with Crippen molar-refractivity contribution in [2.24, 2.45) is 5.92 Å². The molecule has 0 spiro atoms. The summed E-state index contributed by atoms with van der Waals surface area (Å²) in [5.41, 5.74) is 0.430. The van der Waals surface area contributed by atoms with Gasteiger partial charge >= 0.3 is 0 Å². The number of nitriles is 1. The number of carbonyl (C=O) groups is 1. The Morgan fingerprint density at radius 2 is 1.83 bits per heavy atom. The summed E-state index contributed by atoms with van der Waals surface area (Å²) in [6, 6.07) is 8.58. The zero-order valence-corrected chi connectivity index (χ0v) is 18.5. The van der Waals surface area contributed by atoms with Crippen molar-refractivity contribution in [1.82, 2.24) is 14.5 Å². The standard InChI is InChI=1S/C22H32N4O3S/c1-18-5-2-3-13-25(18)14-4-12-24-22(27)20-10-15-26(16-11-20)30(28,29)21-8-6-19(17-23)7-9-21/h6-9,18,20H,2-5,10-16H2,1H3,(H,24,27). The third-order valence-electron chi connectivity index (χ3n) is 6.31. The van der Waals surface area contributed by atoms with E-state index in [1.165, 1.54) is 47.8 Å². The predicted octanol–water partition coefficient (Wildman–Crippen LogP) is 2.34. The van der Waals surface area contributed by atoms with E-state index in [0.717, 1.165) is 19.5 Å². The lowest BCUT2D eigenvalue weighted by atomic mass is 9.97. The number of hydrogen-bond acceptors (Lipinski definition) is 5. The maximum absolute atomic E-state index is 12.8. The van der Waals surface area contributed by atoms with Crippen molar-refractivity contribution in [2.45, 2.75) is 56.4 Å². The summed E-state index contributed by atoms with van der Waals surface area (Å²) in [6.45, 7) is 5.80. The minimum absolute atomic E-state index is 0.0390. The first-order valence-corrected chi connectivity index (χ1v) is 12.4. The van der Waals surface area contributed by atoms with Crippen molar-refractivity contribution in [1.29, 1.82) is 5.26 Å². The van der Waals surface area contributed by atoms with E-state index in [0.29, 0.717) is 44.1 Å². The molecule has 30 heavy (non-hydrogen) atoms. The third kappa shape index (κ3) is 5.60. The second-order valence-electron chi connectivity index (χ2n) is 8.34. The lowest BCUT2D eigenvalue weighted by Gasteiger charge is -2.33. The number of likely N-dealkylation sites (tertiary alicyclic amines) is 1. The molecular formula is C22H32N4O3S. The van der Waals surface area contributed by atoms with Crippen LogP contribution in [0.3, 0.4) is 0 Å². The smallest absolute Gasteiger partial charge is 0.243 e. The molecule has 164 valence electrons. The number of nitrogens with one attached hydrogen (secondary N) is 1. The molecule has 0 saturated carbocycles. The number of hydrogen-bond donors (Lipinski definition) is 1. The largest absolute Gasteiger partial charge is 0.356 e. The molecule has 2 aliphatic rings. The molecule has 0 aromatic heterocycles. The molecule has 2 saturated heterocycles. The van der Waals surface area contributed by atoms with Gasteiger partial charge in [-0.25, -0.2) is 8.42 Å². The maximum atomic E-state index is 12.8. The monoisotopic (exact) mass is 432 g/mol. The van der Waals surface area contributed by atoms with Gasteiger partial charge in [0.2, 0.25) is 15.9 Å². The Morgan fingerprint density at radius 1 is 1.13 bits per heavy atom. The average molecular weight is 433 g/mol. The molecule has 1 unspecified atom stereocenters. The van der Waals surface area contributed by atoms with Crippen LogP contribution >= 0.6 is 0 Å². The van der Waals surface area contributed by atoms with Gasteiger partial charge in [-0.05, 0) is 69.8 Å². The molecule has 1 amide bonds. The van der Waals surface area contributed by atoms with Crippen molar-refractivity contribution >= 4 is 15.9 Å². The number of amides is 1. The van der Waals surface area contributed by atoms with Gasteiger partial charge in [0.05, 0.1) is 16.5 Å². The van der Waals surface area contributed by atoms with Crippen LogP contribution in [0.15, 0.2) is 29.2 Å². The third-order valence-corrected chi connectivity index (χ3v) is 8.22. The van der Waals surface area contributed by atoms with Crippen LogP contribution in [-0.4, -0.2) is 62.3 Å².